The van der Waals surface area contributed by atoms with Gasteiger partial charge in [0, 0.05) is 30.6 Å². The molecule has 0 saturated carbocycles. The van der Waals surface area contributed by atoms with Crippen molar-refractivity contribution in [3.63, 3.8) is 0 Å². The minimum absolute atomic E-state index is 0.0153. The van der Waals surface area contributed by atoms with Gasteiger partial charge in [0.25, 0.3) is 0 Å². The van der Waals surface area contributed by atoms with E-state index in [1.807, 2.05) is 0 Å². The second kappa shape index (κ2) is 4.96. The van der Waals surface area contributed by atoms with Crippen molar-refractivity contribution in [3.05, 3.63) is 53.5 Å². The van der Waals surface area contributed by atoms with E-state index in [0.717, 1.165) is 4.09 Å². The Morgan fingerprint density at radius 3 is 2.36 bits per heavy atom. The summed E-state index contributed by atoms with van der Waals surface area (Å²) >= 11 is 0. The van der Waals surface area contributed by atoms with Gasteiger partial charge in [-0.15, -0.1) is 0 Å². The molecule has 0 radical (unpaired) electrons. The first-order chi connectivity index (χ1) is 11.8. The van der Waals surface area contributed by atoms with E-state index in [4.69, 9.17) is 0 Å². The number of fused-ring (bicyclic) bond motifs is 3. The van der Waals surface area contributed by atoms with Crippen molar-refractivity contribution in [3.8, 4) is 11.3 Å². The van der Waals surface area contributed by atoms with Crippen LogP contribution in [0, 0.1) is 6.92 Å². The minimum atomic E-state index is -4.10. The van der Waals surface area contributed by atoms with Crippen LogP contribution in [-0.4, -0.2) is 38.7 Å². The summed E-state index contributed by atoms with van der Waals surface area (Å²) in [5.41, 5.74) is 0.959. The summed E-state index contributed by atoms with van der Waals surface area (Å²) in [6.07, 6.45) is 2.85. The molecular formula is C16H12N4O4S. The molecule has 8 nitrogen and oxygen atoms in total. The number of aromatic nitrogens is 4. The van der Waals surface area contributed by atoms with Crippen molar-refractivity contribution >= 4 is 21.6 Å². The predicted molar refractivity (Wildman–Crippen MR) is 86.9 cm³/mol. The van der Waals surface area contributed by atoms with Crippen LogP contribution < -0.4 is 0 Å². The number of carbonyl (C=O) groups is 2. The number of nitrogens with zero attached hydrogens (tertiary/aromatic N) is 4. The number of ketones is 2. The van der Waals surface area contributed by atoms with Gasteiger partial charge in [-0.05, 0) is 6.92 Å². The predicted octanol–water partition coefficient (Wildman–Crippen LogP) is 1.21. The van der Waals surface area contributed by atoms with Gasteiger partial charge < -0.3 is 4.57 Å². The quantitative estimate of drug-likeness (QED) is 0.639. The average molecular weight is 356 g/mol. The molecule has 0 aliphatic heterocycles. The summed E-state index contributed by atoms with van der Waals surface area (Å²) in [4.78, 5) is 28.6. The highest BCUT2D eigenvalue weighted by Gasteiger charge is 2.38. The average Bonchev–Trinajstić information content (AvgIpc) is 3.17. The monoisotopic (exact) mass is 356 g/mol. The Hall–Kier alpha value is -3.07. The van der Waals surface area contributed by atoms with Crippen LogP contribution in [0.3, 0.4) is 0 Å². The van der Waals surface area contributed by atoms with E-state index in [1.54, 1.807) is 25.2 Å². The fraction of sp³-hybridized carbons (Fsp3) is 0.125. The van der Waals surface area contributed by atoms with Gasteiger partial charge in [-0.25, -0.2) is 4.98 Å². The number of benzene rings is 1. The summed E-state index contributed by atoms with van der Waals surface area (Å²) in [6, 6.07) is 6.51. The number of Topliss-reactive ketones (excluding diaryl/α,β-unsaturated/α-hetero) is 2. The molecule has 0 bridgehead atoms. The lowest BCUT2D eigenvalue weighted by atomic mass is 9.87. The van der Waals surface area contributed by atoms with Crippen molar-refractivity contribution in [2.24, 2.45) is 7.05 Å². The molecule has 0 fully saturated rings. The lowest BCUT2D eigenvalue weighted by molar-refractivity contribution is 0.0815. The Kier molecular flexibility index (Phi) is 3.07. The molecule has 1 aliphatic carbocycles. The second-order valence-electron chi connectivity index (χ2n) is 5.68. The van der Waals surface area contributed by atoms with Crippen LogP contribution in [0.5, 0.6) is 0 Å². The van der Waals surface area contributed by atoms with Gasteiger partial charge in [0.2, 0.25) is 16.7 Å². The Morgan fingerprint density at radius 1 is 1.04 bits per heavy atom. The molecule has 2 aromatic heterocycles. The van der Waals surface area contributed by atoms with Crippen molar-refractivity contribution in [1.82, 2.24) is 18.7 Å². The normalized spacial score (nSPS) is 13.7. The Labute approximate surface area is 142 Å². The SMILES string of the molecule is Cc1c2c(nn1S(=O)(=O)c1nccn1C)-c1ccccc1C(=O)C2=O. The Balaban J connectivity index is 2.03. The van der Waals surface area contributed by atoms with Crippen LogP contribution in [0.2, 0.25) is 0 Å². The summed E-state index contributed by atoms with van der Waals surface area (Å²) in [5, 5.41) is 3.94. The molecule has 0 atom stereocenters. The number of carbonyl (C=O) groups excluding carboxylic acids is 2. The molecule has 9 heteroatoms. The molecule has 0 unspecified atom stereocenters. The summed E-state index contributed by atoms with van der Waals surface area (Å²) in [7, 11) is -2.56. The lowest BCUT2D eigenvalue weighted by Crippen LogP contribution is -2.22. The number of imidazole rings is 1. The highest BCUT2D eigenvalue weighted by atomic mass is 32.2. The number of aryl methyl sites for hydroxylation is 1. The zero-order valence-corrected chi connectivity index (χ0v) is 14.1. The Morgan fingerprint density at radius 2 is 1.72 bits per heavy atom. The standard InChI is InChI=1S/C16H12N4O4S/c1-9-12-13(10-5-3-4-6-11(10)14(21)15(12)22)18-20(9)25(23,24)16-17-7-8-19(16)2/h3-8H,1-2H3. The van der Waals surface area contributed by atoms with Crippen LogP contribution in [-0.2, 0) is 17.1 Å². The summed E-state index contributed by atoms with van der Waals surface area (Å²) < 4.78 is 27.9. The summed E-state index contributed by atoms with van der Waals surface area (Å²) in [6.45, 7) is 1.45. The molecule has 2 heterocycles. The zero-order valence-electron chi connectivity index (χ0n) is 13.3. The first kappa shape index (κ1) is 15.5. The molecule has 4 rings (SSSR count). The Bertz CT molecular complexity index is 1170. The van der Waals surface area contributed by atoms with Crippen LogP contribution in [0.15, 0.2) is 41.8 Å². The molecule has 0 N–H and O–H groups in total. The van der Waals surface area contributed by atoms with Crippen molar-refractivity contribution in [2.75, 3.05) is 0 Å². The van der Waals surface area contributed by atoms with Gasteiger partial charge in [-0.2, -0.15) is 17.6 Å². The highest BCUT2D eigenvalue weighted by Crippen LogP contribution is 2.35. The van der Waals surface area contributed by atoms with Gasteiger partial charge in [0.15, 0.2) is 0 Å². The molecule has 25 heavy (non-hydrogen) atoms. The number of hydrogen-bond acceptors (Lipinski definition) is 6. The van der Waals surface area contributed by atoms with Gasteiger partial charge in [0.05, 0.1) is 11.3 Å². The van der Waals surface area contributed by atoms with Crippen LogP contribution in [0.1, 0.15) is 26.4 Å². The smallest absolute Gasteiger partial charge is 0.317 e. The molecule has 0 saturated heterocycles. The first-order valence-corrected chi connectivity index (χ1v) is 8.79. The molecule has 0 amide bonds. The molecule has 126 valence electrons. The minimum Gasteiger partial charge on any atom is -0.323 e. The third kappa shape index (κ3) is 1.96. The van der Waals surface area contributed by atoms with Crippen molar-refractivity contribution in [2.45, 2.75) is 12.1 Å². The van der Waals surface area contributed by atoms with E-state index in [0.29, 0.717) is 5.56 Å². The topological polar surface area (TPSA) is 104 Å². The number of rotatable bonds is 2. The molecule has 1 aromatic carbocycles. The highest BCUT2D eigenvalue weighted by molar-refractivity contribution is 7.89. The molecule has 1 aliphatic rings. The van der Waals surface area contributed by atoms with Gasteiger partial charge in [0.1, 0.15) is 5.69 Å². The zero-order chi connectivity index (χ0) is 17.9. The van der Waals surface area contributed by atoms with E-state index >= 15 is 0 Å². The maximum absolute atomic E-state index is 12.9. The molecular weight excluding hydrogens is 344 g/mol. The fourth-order valence-corrected chi connectivity index (χ4v) is 4.39. The third-order valence-electron chi connectivity index (χ3n) is 4.17. The fourth-order valence-electron chi connectivity index (χ4n) is 2.98. The van der Waals surface area contributed by atoms with Crippen LogP contribution in [0.25, 0.3) is 11.3 Å². The van der Waals surface area contributed by atoms with Gasteiger partial charge in [-0.1, -0.05) is 24.3 Å². The van der Waals surface area contributed by atoms with E-state index in [2.05, 4.69) is 10.1 Å². The van der Waals surface area contributed by atoms with Crippen molar-refractivity contribution < 1.29 is 18.0 Å². The van der Waals surface area contributed by atoms with Crippen LogP contribution >= 0.6 is 0 Å². The maximum atomic E-state index is 12.9. The van der Waals surface area contributed by atoms with Gasteiger partial charge >= 0.3 is 10.0 Å². The molecule has 3 aromatic rings. The van der Waals surface area contributed by atoms with E-state index in [9.17, 15) is 18.0 Å². The largest absolute Gasteiger partial charge is 0.323 e. The van der Waals surface area contributed by atoms with E-state index in [-0.39, 0.29) is 27.7 Å². The molecule has 0 spiro atoms. The maximum Gasteiger partial charge on any atom is 0.317 e. The second-order valence-corrected chi connectivity index (χ2v) is 7.34. The first-order valence-electron chi connectivity index (χ1n) is 7.35. The van der Waals surface area contributed by atoms with E-state index in [1.165, 1.54) is 30.0 Å². The van der Waals surface area contributed by atoms with Crippen molar-refractivity contribution in [1.29, 1.82) is 0 Å². The lowest BCUT2D eigenvalue weighted by Gasteiger charge is -2.12. The number of hydrogen-bond donors (Lipinski definition) is 0. The van der Waals surface area contributed by atoms with Gasteiger partial charge in [-0.3, -0.25) is 9.59 Å². The van der Waals surface area contributed by atoms with Crippen LogP contribution in [0.4, 0.5) is 0 Å². The van der Waals surface area contributed by atoms with E-state index < -0.39 is 21.6 Å². The summed E-state index contributed by atoms with van der Waals surface area (Å²) in [5.74, 6) is -1.42. The third-order valence-corrected chi connectivity index (χ3v) is 5.84.